The summed E-state index contributed by atoms with van der Waals surface area (Å²) in [7, 11) is 1.91. The van der Waals surface area contributed by atoms with Crippen molar-refractivity contribution in [3.63, 3.8) is 0 Å². The molecule has 1 aliphatic rings. The van der Waals surface area contributed by atoms with E-state index in [2.05, 4.69) is 18.3 Å². The molecule has 0 spiro atoms. The lowest BCUT2D eigenvalue weighted by atomic mass is 10.0. The molecule has 1 N–H and O–H groups in total. The maximum absolute atomic E-state index is 12.6. The molecule has 2 heterocycles. The van der Waals surface area contributed by atoms with Crippen molar-refractivity contribution in [1.29, 1.82) is 0 Å². The van der Waals surface area contributed by atoms with Crippen LogP contribution in [-0.2, 0) is 17.8 Å². The molecule has 4 nitrogen and oxygen atoms in total. The normalized spacial score (nSPS) is 17.7. The number of nitrogens with zero attached hydrogens (tertiary/aromatic N) is 1. The maximum Gasteiger partial charge on any atom is 0.227 e. The Labute approximate surface area is 137 Å². The van der Waals surface area contributed by atoms with Crippen LogP contribution in [0.25, 0.3) is 11.0 Å². The molecule has 4 heteroatoms. The molecule has 1 saturated heterocycles. The predicted octanol–water partition coefficient (Wildman–Crippen LogP) is 3.34. The fourth-order valence-corrected chi connectivity index (χ4v) is 3.35. The molecule has 2 aromatic rings. The SMILES string of the molecule is CCCCc1oc2ccccc2c1CN(C)C(=O)C1CCNC1. The first-order valence-corrected chi connectivity index (χ1v) is 8.65. The van der Waals surface area contributed by atoms with Gasteiger partial charge in [-0.3, -0.25) is 4.79 Å². The summed E-state index contributed by atoms with van der Waals surface area (Å²) in [6.07, 6.45) is 4.13. The number of amides is 1. The molecule has 1 aliphatic heterocycles. The van der Waals surface area contributed by atoms with Gasteiger partial charge in [0.2, 0.25) is 5.91 Å². The van der Waals surface area contributed by atoms with Gasteiger partial charge in [-0.05, 0) is 25.5 Å². The van der Waals surface area contributed by atoms with Gasteiger partial charge in [0.05, 0.1) is 5.92 Å². The van der Waals surface area contributed by atoms with Gasteiger partial charge in [-0.15, -0.1) is 0 Å². The van der Waals surface area contributed by atoms with Crippen LogP contribution >= 0.6 is 0 Å². The third-order valence-electron chi connectivity index (χ3n) is 4.72. The van der Waals surface area contributed by atoms with Gasteiger partial charge in [0, 0.05) is 37.5 Å². The summed E-state index contributed by atoms with van der Waals surface area (Å²) in [6, 6.07) is 8.14. The van der Waals surface area contributed by atoms with Crippen molar-refractivity contribution in [2.24, 2.45) is 5.92 Å². The highest BCUT2D eigenvalue weighted by Crippen LogP contribution is 2.28. The summed E-state index contributed by atoms with van der Waals surface area (Å²) in [4.78, 5) is 14.5. The smallest absolute Gasteiger partial charge is 0.227 e. The Morgan fingerprint density at radius 3 is 2.96 bits per heavy atom. The van der Waals surface area contributed by atoms with Crippen LogP contribution in [0.1, 0.15) is 37.5 Å². The number of rotatable bonds is 6. The summed E-state index contributed by atoms with van der Waals surface area (Å²) in [6.45, 7) is 4.56. The minimum atomic E-state index is 0.122. The Bertz CT molecular complexity index is 671. The molecule has 23 heavy (non-hydrogen) atoms. The molecule has 0 aliphatic carbocycles. The zero-order valence-corrected chi connectivity index (χ0v) is 14.1. The summed E-state index contributed by atoms with van der Waals surface area (Å²) < 4.78 is 6.06. The van der Waals surface area contributed by atoms with Gasteiger partial charge in [0.25, 0.3) is 0 Å². The van der Waals surface area contributed by atoms with Gasteiger partial charge < -0.3 is 14.6 Å². The number of fused-ring (bicyclic) bond motifs is 1. The van der Waals surface area contributed by atoms with E-state index in [-0.39, 0.29) is 11.8 Å². The second-order valence-corrected chi connectivity index (χ2v) is 6.49. The number of carbonyl (C=O) groups excluding carboxylic acids is 1. The molecule has 1 amide bonds. The molecule has 1 unspecified atom stereocenters. The highest BCUT2D eigenvalue weighted by molar-refractivity contribution is 5.84. The molecule has 124 valence electrons. The van der Waals surface area contributed by atoms with Gasteiger partial charge in [-0.25, -0.2) is 0 Å². The largest absolute Gasteiger partial charge is 0.461 e. The molecule has 1 fully saturated rings. The maximum atomic E-state index is 12.6. The molecule has 3 rings (SSSR count). The molecule has 1 aromatic carbocycles. The quantitative estimate of drug-likeness (QED) is 0.889. The fraction of sp³-hybridized carbons (Fsp3) is 0.526. The van der Waals surface area contributed by atoms with E-state index in [0.717, 1.165) is 55.5 Å². The number of benzene rings is 1. The molecule has 0 saturated carbocycles. The third kappa shape index (κ3) is 3.42. The summed E-state index contributed by atoms with van der Waals surface area (Å²) >= 11 is 0. The van der Waals surface area contributed by atoms with E-state index in [4.69, 9.17) is 4.42 Å². The second kappa shape index (κ2) is 7.18. The number of carbonyl (C=O) groups is 1. The number of para-hydroxylation sites is 1. The second-order valence-electron chi connectivity index (χ2n) is 6.49. The summed E-state index contributed by atoms with van der Waals surface area (Å²) in [5.74, 6) is 1.40. The fourth-order valence-electron chi connectivity index (χ4n) is 3.35. The van der Waals surface area contributed by atoms with Crippen LogP contribution in [0.5, 0.6) is 0 Å². The Morgan fingerprint density at radius 1 is 1.39 bits per heavy atom. The van der Waals surface area contributed by atoms with Gasteiger partial charge in [0.15, 0.2) is 0 Å². The van der Waals surface area contributed by atoms with Gasteiger partial charge in [0.1, 0.15) is 11.3 Å². The lowest BCUT2D eigenvalue weighted by Crippen LogP contribution is -2.33. The van der Waals surface area contributed by atoms with Gasteiger partial charge >= 0.3 is 0 Å². The van der Waals surface area contributed by atoms with Crippen LogP contribution in [-0.4, -0.2) is 30.9 Å². The number of aryl methyl sites for hydroxylation is 1. The Morgan fingerprint density at radius 2 is 2.22 bits per heavy atom. The van der Waals surface area contributed by atoms with Crippen LogP contribution in [0.15, 0.2) is 28.7 Å². The molecule has 0 radical (unpaired) electrons. The number of unbranched alkanes of at least 4 members (excludes halogenated alkanes) is 1. The first-order valence-electron chi connectivity index (χ1n) is 8.65. The number of furan rings is 1. The van der Waals surface area contributed by atoms with E-state index in [1.807, 2.05) is 30.1 Å². The van der Waals surface area contributed by atoms with Crippen LogP contribution in [0.3, 0.4) is 0 Å². The van der Waals surface area contributed by atoms with Gasteiger partial charge in [-0.2, -0.15) is 0 Å². The number of nitrogens with one attached hydrogen (secondary N) is 1. The zero-order chi connectivity index (χ0) is 16.2. The molecular formula is C19H26N2O2. The molecule has 1 atom stereocenters. The molecule has 1 aromatic heterocycles. The van der Waals surface area contributed by atoms with Crippen LogP contribution in [0, 0.1) is 5.92 Å². The van der Waals surface area contributed by atoms with Crippen molar-refractivity contribution in [2.45, 2.75) is 39.2 Å². The first-order chi connectivity index (χ1) is 11.2. The molecular weight excluding hydrogens is 288 g/mol. The van der Waals surface area contributed by atoms with Crippen LogP contribution < -0.4 is 5.32 Å². The molecule has 0 bridgehead atoms. The average Bonchev–Trinajstić information content (AvgIpc) is 3.21. The van der Waals surface area contributed by atoms with Crippen molar-refractivity contribution >= 4 is 16.9 Å². The monoisotopic (exact) mass is 314 g/mol. The third-order valence-corrected chi connectivity index (χ3v) is 4.72. The summed E-state index contributed by atoms with van der Waals surface area (Å²) in [5, 5.41) is 4.41. The topological polar surface area (TPSA) is 45.5 Å². The lowest BCUT2D eigenvalue weighted by Gasteiger charge is -2.21. The van der Waals surface area contributed by atoms with Crippen LogP contribution in [0.2, 0.25) is 0 Å². The van der Waals surface area contributed by atoms with Crippen molar-refractivity contribution < 1.29 is 9.21 Å². The zero-order valence-electron chi connectivity index (χ0n) is 14.1. The minimum Gasteiger partial charge on any atom is -0.461 e. The Hall–Kier alpha value is -1.81. The standard InChI is InChI=1S/C19H26N2O2/c1-3-4-8-18-16(15-7-5-6-9-17(15)23-18)13-21(2)19(22)14-10-11-20-12-14/h5-7,9,14,20H,3-4,8,10-13H2,1-2H3. The number of hydrogen-bond donors (Lipinski definition) is 1. The van der Waals surface area contributed by atoms with E-state index >= 15 is 0 Å². The minimum absolute atomic E-state index is 0.122. The van der Waals surface area contributed by atoms with E-state index in [1.165, 1.54) is 5.56 Å². The predicted molar refractivity (Wildman–Crippen MR) is 92.3 cm³/mol. The van der Waals surface area contributed by atoms with Crippen molar-refractivity contribution in [1.82, 2.24) is 10.2 Å². The summed E-state index contributed by atoms with van der Waals surface area (Å²) in [5.41, 5.74) is 2.10. The van der Waals surface area contributed by atoms with Crippen molar-refractivity contribution in [3.8, 4) is 0 Å². The Balaban J connectivity index is 1.83. The number of hydrogen-bond acceptors (Lipinski definition) is 3. The van der Waals surface area contributed by atoms with E-state index < -0.39 is 0 Å². The highest BCUT2D eigenvalue weighted by atomic mass is 16.3. The Kier molecular flexibility index (Phi) is 5.01. The van der Waals surface area contributed by atoms with E-state index in [1.54, 1.807) is 0 Å². The first kappa shape index (κ1) is 16.1. The van der Waals surface area contributed by atoms with Crippen LogP contribution in [0.4, 0.5) is 0 Å². The van der Waals surface area contributed by atoms with E-state index in [9.17, 15) is 4.79 Å². The van der Waals surface area contributed by atoms with E-state index in [0.29, 0.717) is 6.54 Å². The van der Waals surface area contributed by atoms with Crippen molar-refractivity contribution in [2.75, 3.05) is 20.1 Å². The average molecular weight is 314 g/mol. The van der Waals surface area contributed by atoms with Gasteiger partial charge in [-0.1, -0.05) is 31.5 Å². The lowest BCUT2D eigenvalue weighted by molar-refractivity contribution is -0.134. The van der Waals surface area contributed by atoms with Crippen molar-refractivity contribution in [3.05, 3.63) is 35.6 Å². The highest BCUT2D eigenvalue weighted by Gasteiger charge is 2.26.